The van der Waals surface area contributed by atoms with Gasteiger partial charge in [-0.3, -0.25) is 4.79 Å². The number of fused-ring (bicyclic) bond motifs is 7. The largest absolute Gasteiger partial charge is 0.481 e. The molecule has 0 spiro atoms. The molecule has 10 unspecified atom stereocenters. The van der Waals surface area contributed by atoms with Crippen LogP contribution in [0.1, 0.15) is 98.8 Å². The van der Waals surface area contributed by atoms with Crippen molar-refractivity contribution in [3.8, 4) is 0 Å². The summed E-state index contributed by atoms with van der Waals surface area (Å²) >= 11 is 0. The Morgan fingerprint density at radius 2 is 1.44 bits per heavy atom. The highest BCUT2D eigenvalue weighted by atomic mass is 16.4. The van der Waals surface area contributed by atoms with E-state index in [1.165, 1.54) is 31.3 Å². The molecule has 0 bridgehead atoms. The molecular formula is C29H46O3. The molecule has 5 fully saturated rings. The minimum atomic E-state index is -0.533. The number of aliphatic hydroxyl groups excluding tert-OH is 1. The lowest BCUT2D eigenvalue weighted by Crippen LogP contribution is -2.63. The van der Waals surface area contributed by atoms with Gasteiger partial charge in [-0.1, -0.05) is 39.8 Å². The normalized spacial score (nSPS) is 54.0. The third kappa shape index (κ3) is 2.72. The van der Waals surface area contributed by atoms with Gasteiger partial charge in [0.25, 0.3) is 0 Å². The maximum atomic E-state index is 12.7. The van der Waals surface area contributed by atoms with Crippen molar-refractivity contribution in [2.24, 2.45) is 57.2 Å². The summed E-state index contributed by atoms with van der Waals surface area (Å²) in [5.41, 5.74) is 1.25. The van der Waals surface area contributed by atoms with Crippen LogP contribution < -0.4 is 0 Å². The molecule has 0 saturated heterocycles. The zero-order valence-electron chi connectivity index (χ0n) is 21.1. The lowest BCUT2D eigenvalue weighted by molar-refractivity contribution is -0.211. The molecule has 32 heavy (non-hydrogen) atoms. The number of carboxylic acids is 1. The van der Waals surface area contributed by atoms with Gasteiger partial charge in [0.1, 0.15) is 0 Å². The van der Waals surface area contributed by atoms with Crippen molar-refractivity contribution < 1.29 is 15.0 Å². The van der Waals surface area contributed by atoms with Crippen LogP contribution in [-0.4, -0.2) is 22.3 Å². The van der Waals surface area contributed by atoms with E-state index in [0.29, 0.717) is 29.1 Å². The third-order valence-corrected chi connectivity index (χ3v) is 12.7. The zero-order chi connectivity index (χ0) is 23.3. The van der Waals surface area contributed by atoms with Crippen LogP contribution in [0.25, 0.3) is 0 Å². The van der Waals surface area contributed by atoms with Gasteiger partial charge in [0.2, 0.25) is 0 Å². The lowest BCUT2D eigenvalue weighted by atomic mass is 9.36. The molecule has 5 saturated carbocycles. The summed E-state index contributed by atoms with van der Waals surface area (Å²) in [4.78, 5) is 12.7. The van der Waals surface area contributed by atoms with E-state index in [2.05, 4.69) is 41.2 Å². The van der Waals surface area contributed by atoms with Crippen molar-refractivity contribution in [1.29, 1.82) is 0 Å². The van der Waals surface area contributed by atoms with Gasteiger partial charge in [-0.25, -0.2) is 0 Å². The van der Waals surface area contributed by atoms with Gasteiger partial charge < -0.3 is 10.2 Å². The van der Waals surface area contributed by atoms with Crippen LogP contribution in [0.3, 0.4) is 0 Å². The van der Waals surface area contributed by atoms with Crippen LogP contribution in [-0.2, 0) is 4.79 Å². The number of aliphatic hydroxyl groups is 1. The summed E-state index contributed by atoms with van der Waals surface area (Å²) in [5.74, 6) is 2.64. The van der Waals surface area contributed by atoms with Gasteiger partial charge in [0, 0.05) is 0 Å². The number of allylic oxidation sites excluding steroid dienone is 1. The molecule has 3 nitrogen and oxygen atoms in total. The van der Waals surface area contributed by atoms with Crippen molar-refractivity contribution in [1.82, 2.24) is 0 Å². The zero-order valence-corrected chi connectivity index (χ0v) is 21.1. The van der Waals surface area contributed by atoms with Crippen LogP contribution in [0.4, 0.5) is 0 Å². The Morgan fingerprint density at radius 1 is 0.812 bits per heavy atom. The second kappa shape index (κ2) is 7.09. The SMILES string of the molecule is C=C(C)C1CCC2(C(=O)O)CCC3(C)C(CCC4C3CCC3C(C)(C)C(O)CCC43C)C12. The first-order chi connectivity index (χ1) is 14.9. The minimum Gasteiger partial charge on any atom is -0.481 e. The van der Waals surface area contributed by atoms with E-state index in [1.807, 2.05) is 0 Å². The van der Waals surface area contributed by atoms with Gasteiger partial charge in [0.05, 0.1) is 11.5 Å². The van der Waals surface area contributed by atoms with Crippen LogP contribution >= 0.6 is 0 Å². The van der Waals surface area contributed by atoms with E-state index in [0.717, 1.165) is 44.4 Å². The van der Waals surface area contributed by atoms with Gasteiger partial charge in [0.15, 0.2) is 0 Å². The summed E-state index contributed by atoms with van der Waals surface area (Å²) < 4.78 is 0. The maximum absolute atomic E-state index is 12.7. The lowest BCUT2D eigenvalue weighted by Gasteiger charge is -2.68. The Hall–Kier alpha value is -0.830. The highest BCUT2D eigenvalue weighted by Gasteiger charge is 2.68. The summed E-state index contributed by atoms with van der Waals surface area (Å²) in [7, 11) is 0. The molecule has 2 N–H and O–H groups in total. The van der Waals surface area contributed by atoms with Crippen LogP contribution in [0.5, 0.6) is 0 Å². The standard InChI is InChI=1S/C29H46O3/c1-17(2)18-11-14-29(25(31)32)16-15-27(5)19-9-10-22-26(3,4)23(30)12-13-28(22,6)20(19)7-8-21(27)24(18)29/h18-24,30H,1,7-16H2,2-6H3,(H,31,32). The number of rotatable bonds is 2. The fraction of sp³-hybridized carbons (Fsp3) is 0.897. The smallest absolute Gasteiger partial charge is 0.309 e. The second-order valence-corrected chi connectivity index (χ2v) is 13.9. The Bertz CT molecular complexity index is 815. The monoisotopic (exact) mass is 442 g/mol. The summed E-state index contributed by atoms with van der Waals surface area (Å²) in [5, 5.41) is 21.3. The second-order valence-electron chi connectivity index (χ2n) is 13.9. The molecule has 3 heteroatoms. The van der Waals surface area contributed by atoms with E-state index < -0.39 is 11.4 Å². The molecule has 0 aromatic rings. The number of carboxylic acid groups (broad SMARTS) is 1. The quantitative estimate of drug-likeness (QED) is 0.468. The van der Waals surface area contributed by atoms with Gasteiger partial charge in [-0.2, -0.15) is 0 Å². The first kappa shape index (κ1) is 22.9. The van der Waals surface area contributed by atoms with Crippen molar-refractivity contribution in [3.05, 3.63) is 12.2 Å². The molecule has 0 aromatic carbocycles. The first-order valence-corrected chi connectivity index (χ1v) is 13.5. The van der Waals surface area contributed by atoms with Gasteiger partial charge >= 0.3 is 5.97 Å². The molecule has 180 valence electrons. The van der Waals surface area contributed by atoms with Crippen LogP contribution in [0.2, 0.25) is 0 Å². The third-order valence-electron chi connectivity index (χ3n) is 12.7. The molecule has 5 aliphatic rings. The van der Waals surface area contributed by atoms with Crippen molar-refractivity contribution in [2.45, 2.75) is 105 Å². The van der Waals surface area contributed by atoms with Crippen molar-refractivity contribution in [3.63, 3.8) is 0 Å². The summed E-state index contributed by atoms with van der Waals surface area (Å²) in [6.45, 7) is 16.2. The molecule has 0 aliphatic heterocycles. The molecule has 5 rings (SSSR count). The highest BCUT2D eigenvalue weighted by Crippen LogP contribution is 2.73. The fourth-order valence-electron chi connectivity index (χ4n) is 11.0. The predicted octanol–water partition coefficient (Wildman–Crippen LogP) is 6.70. The van der Waals surface area contributed by atoms with E-state index in [-0.39, 0.29) is 22.9 Å². The van der Waals surface area contributed by atoms with Gasteiger partial charge in [-0.15, -0.1) is 0 Å². The Labute approximate surface area is 195 Å². The van der Waals surface area contributed by atoms with E-state index in [9.17, 15) is 15.0 Å². The fourth-order valence-corrected chi connectivity index (χ4v) is 11.0. The molecule has 10 atom stereocenters. The summed E-state index contributed by atoms with van der Waals surface area (Å²) in [6, 6.07) is 0. The average Bonchev–Trinajstić information content (AvgIpc) is 3.12. The number of aliphatic carboxylic acids is 1. The van der Waals surface area contributed by atoms with Crippen LogP contribution in [0, 0.1) is 57.2 Å². The summed E-state index contributed by atoms with van der Waals surface area (Å²) in [6.07, 6.45) is 10.6. The van der Waals surface area contributed by atoms with Gasteiger partial charge in [-0.05, 0) is 123 Å². The number of hydrogen-bond acceptors (Lipinski definition) is 2. The Kier molecular flexibility index (Phi) is 5.08. The maximum Gasteiger partial charge on any atom is 0.309 e. The van der Waals surface area contributed by atoms with Crippen LogP contribution in [0.15, 0.2) is 12.2 Å². The van der Waals surface area contributed by atoms with E-state index >= 15 is 0 Å². The van der Waals surface area contributed by atoms with Crippen molar-refractivity contribution >= 4 is 5.97 Å². The Balaban J connectivity index is 1.52. The molecular weight excluding hydrogens is 396 g/mol. The average molecular weight is 443 g/mol. The van der Waals surface area contributed by atoms with E-state index in [4.69, 9.17) is 0 Å². The predicted molar refractivity (Wildman–Crippen MR) is 128 cm³/mol. The molecule has 0 amide bonds. The number of carbonyl (C=O) groups is 1. The number of hydrogen-bond donors (Lipinski definition) is 2. The Morgan fingerprint density at radius 3 is 2.09 bits per heavy atom. The van der Waals surface area contributed by atoms with E-state index in [1.54, 1.807) is 0 Å². The highest BCUT2D eigenvalue weighted by molar-refractivity contribution is 5.76. The van der Waals surface area contributed by atoms with Crippen molar-refractivity contribution in [2.75, 3.05) is 0 Å². The minimum absolute atomic E-state index is 0.00273. The molecule has 0 heterocycles. The topological polar surface area (TPSA) is 57.5 Å². The molecule has 0 aromatic heterocycles. The molecule has 0 radical (unpaired) electrons. The molecule has 5 aliphatic carbocycles. The first-order valence-electron chi connectivity index (χ1n) is 13.5.